The molecule has 0 saturated carbocycles. The van der Waals surface area contributed by atoms with Gasteiger partial charge in [0.1, 0.15) is 12.6 Å². The van der Waals surface area contributed by atoms with Gasteiger partial charge in [0.25, 0.3) is 0 Å². The van der Waals surface area contributed by atoms with Gasteiger partial charge in [-0.15, -0.1) is 0 Å². The van der Waals surface area contributed by atoms with Gasteiger partial charge < -0.3 is 19.8 Å². The molecule has 2 unspecified atom stereocenters. The molecule has 0 radical (unpaired) electrons. The van der Waals surface area contributed by atoms with Gasteiger partial charge in [0, 0.05) is 19.6 Å². The number of hydrogen-bond donors (Lipinski definition) is 2. The summed E-state index contributed by atoms with van der Waals surface area (Å²) < 4.78 is 4.91. The number of aliphatic hydroxyl groups is 1. The normalized spacial score (nSPS) is 25.6. The third-order valence-corrected chi connectivity index (χ3v) is 2.31. The first-order valence-corrected chi connectivity index (χ1v) is 4.84. The number of rotatable bonds is 4. The fraction of sp³-hybridized carbons (Fsp3) is 0.778. The van der Waals surface area contributed by atoms with Crippen LogP contribution in [-0.2, 0) is 14.3 Å². The molecule has 6 heteroatoms. The average molecular weight is 217 g/mol. The summed E-state index contributed by atoms with van der Waals surface area (Å²) in [6, 6.07) is -0.923. The van der Waals surface area contributed by atoms with Crippen LogP contribution in [0.25, 0.3) is 0 Å². The van der Waals surface area contributed by atoms with E-state index in [0.29, 0.717) is 6.61 Å². The van der Waals surface area contributed by atoms with Gasteiger partial charge >= 0.3 is 5.97 Å². The average Bonchev–Trinajstić information content (AvgIpc) is 2.57. The quantitative estimate of drug-likeness (QED) is 0.635. The van der Waals surface area contributed by atoms with Crippen molar-refractivity contribution in [3.05, 3.63) is 0 Å². The fourth-order valence-electron chi connectivity index (χ4n) is 1.60. The Morgan fingerprint density at radius 1 is 1.53 bits per heavy atom. The highest BCUT2D eigenvalue weighted by Gasteiger charge is 2.38. The first-order chi connectivity index (χ1) is 7.06. The predicted molar refractivity (Wildman–Crippen MR) is 50.3 cm³/mol. The number of carboxylic acid groups (broad SMARTS) is 1. The number of hydrogen-bond acceptors (Lipinski definition) is 4. The molecule has 0 aromatic carbocycles. The molecule has 1 rings (SSSR count). The molecule has 0 aromatic heterocycles. The highest BCUT2D eigenvalue weighted by Crippen LogP contribution is 2.18. The molecule has 1 saturated heterocycles. The number of carboxylic acids is 1. The van der Waals surface area contributed by atoms with E-state index in [1.807, 2.05) is 0 Å². The topological polar surface area (TPSA) is 87.1 Å². The number of carbonyl (C=O) groups excluding carboxylic acids is 1. The van der Waals surface area contributed by atoms with Gasteiger partial charge in [0.2, 0.25) is 5.91 Å². The summed E-state index contributed by atoms with van der Waals surface area (Å²) in [5.74, 6) is -1.47. The van der Waals surface area contributed by atoms with Gasteiger partial charge in [-0.3, -0.25) is 4.79 Å². The molecule has 1 fully saturated rings. The summed E-state index contributed by atoms with van der Waals surface area (Å²) in [6.07, 6.45) is -0.663. The van der Waals surface area contributed by atoms with Crippen LogP contribution in [0.15, 0.2) is 0 Å². The molecule has 0 aromatic rings. The molecule has 0 aliphatic carbocycles. The van der Waals surface area contributed by atoms with Crippen molar-refractivity contribution in [2.75, 3.05) is 19.8 Å². The van der Waals surface area contributed by atoms with Crippen molar-refractivity contribution in [2.24, 2.45) is 0 Å². The lowest BCUT2D eigenvalue weighted by Gasteiger charge is -2.20. The highest BCUT2D eigenvalue weighted by molar-refractivity contribution is 5.85. The molecule has 86 valence electrons. The van der Waals surface area contributed by atoms with Crippen LogP contribution >= 0.6 is 0 Å². The molecule has 6 nitrogen and oxygen atoms in total. The van der Waals surface area contributed by atoms with Gasteiger partial charge in [-0.05, 0) is 6.92 Å². The number of aliphatic carboxylic acids is 1. The Labute approximate surface area is 87.4 Å². The molecule has 2 N–H and O–H groups in total. The van der Waals surface area contributed by atoms with Gasteiger partial charge in [-0.1, -0.05) is 0 Å². The van der Waals surface area contributed by atoms with Crippen LogP contribution in [0.2, 0.25) is 0 Å². The van der Waals surface area contributed by atoms with E-state index < -0.39 is 18.1 Å². The van der Waals surface area contributed by atoms with Crippen molar-refractivity contribution in [3.63, 3.8) is 0 Å². The fourth-order valence-corrected chi connectivity index (χ4v) is 1.60. The van der Waals surface area contributed by atoms with E-state index >= 15 is 0 Å². The number of aliphatic hydroxyl groups excluding tert-OH is 1. The molecule has 0 bridgehead atoms. The molecule has 15 heavy (non-hydrogen) atoms. The van der Waals surface area contributed by atoms with Crippen molar-refractivity contribution in [2.45, 2.75) is 25.5 Å². The number of nitrogens with zero attached hydrogens (tertiary/aromatic N) is 1. The molecule has 0 spiro atoms. The Morgan fingerprint density at radius 3 is 2.73 bits per heavy atom. The second-order valence-electron chi connectivity index (χ2n) is 3.43. The number of ether oxygens (including phenoxy) is 1. The van der Waals surface area contributed by atoms with Crippen LogP contribution in [0.4, 0.5) is 0 Å². The lowest BCUT2D eigenvalue weighted by atomic mass is 10.2. The largest absolute Gasteiger partial charge is 0.480 e. The summed E-state index contributed by atoms with van der Waals surface area (Å²) in [4.78, 5) is 23.4. The maximum atomic E-state index is 11.5. The summed E-state index contributed by atoms with van der Waals surface area (Å²) >= 11 is 0. The van der Waals surface area contributed by atoms with Crippen LogP contribution in [-0.4, -0.2) is 58.9 Å². The smallest absolute Gasteiger partial charge is 0.326 e. The van der Waals surface area contributed by atoms with E-state index in [4.69, 9.17) is 9.84 Å². The maximum Gasteiger partial charge on any atom is 0.326 e. The van der Waals surface area contributed by atoms with E-state index in [2.05, 4.69) is 0 Å². The third-order valence-electron chi connectivity index (χ3n) is 2.31. The number of carbonyl (C=O) groups is 2. The minimum absolute atomic E-state index is 0.0723. The molecular formula is C9H15NO5. The molecule has 1 aliphatic heterocycles. The minimum Gasteiger partial charge on any atom is -0.480 e. The van der Waals surface area contributed by atoms with Crippen molar-refractivity contribution in [3.8, 4) is 0 Å². The number of β-amino-alcohol motifs (C(OH)–C–C–N with tert-alkyl or cyclic N) is 1. The van der Waals surface area contributed by atoms with Crippen LogP contribution in [0.3, 0.4) is 0 Å². The van der Waals surface area contributed by atoms with Crippen molar-refractivity contribution >= 4 is 11.9 Å². The molecule has 1 amide bonds. The number of likely N-dealkylation sites (tertiary alicyclic amines) is 1. The van der Waals surface area contributed by atoms with Gasteiger partial charge in [-0.2, -0.15) is 0 Å². The molecular weight excluding hydrogens is 202 g/mol. The SMILES string of the molecule is CCOCC(=O)N1CC(O)CC1C(=O)O. The van der Waals surface area contributed by atoms with E-state index in [1.54, 1.807) is 6.92 Å². The summed E-state index contributed by atoms with van der Waals surface area (Å²) in [6.45, 7) is 2.09. The van der Waals surface area contributed by atoms with Crippen LogP contribution in [0.5, 0.6) is 0 Å². The van der Waals surface area contributed by atoms with Crippen molar-refractivity contribution in [1.29, 1.82) is 0 Å². The lowest BCUT2D eigenvalue weighted by molar-refractivity contribution is -0.150. The molecule has 2 atom stereocenters. The Hall–Kier alpha value is -1.14. The zero-order valence-corrected chi connectivity index (χ0v) is 8.55. The Bertz CT molecular complexity index is 255. The van der Waals surface area contributed by atoms with Crippen LogP contribution in [0.1, 0.15) is 13.3 Å². The van der Waals surface area contributed by atoms with E-state index in [9.17, 15) is 14.7 Å². The monoisotopic (exact) mass is 217 g/mol. The predicted octanol–water partition coefficient (Wildman–Crippen LogP) is -0.931. The Kier molecular flexibility index (Phi) is 4.05. The lowest BCUT2D eigenvalue weighted by Crippen LogP contribution is -2.42. The van der Waals surface area contributed by atoms with Crippen LogP contribution in [0, 0.1) is 0 Å². The Balaban J connectivity index is 2.58. The van der Waals surface area contributed by atoms with Gasteiger partial charge in [-0.25, -0.2) is 4.79 Å². The first kappa shape index (κ1) is 11.9. The third kappa shape index (κ3) is 2.90. The molecule has 1 aliphatic rings. The van der Waals surface area contributed by atoms with Gasteiger partial charge in [0.15, 0.2) is 0 Å². The van der Waals surface area contributed by atoms with Gasteiger partial charge in [0.05, 0.1) is 6.10 Å². The summed E-state index contributed by atoms with van der Waals surface area (Å²) in [5.41, 5.74) is 0. The summed E-state index contributed by atoms with van der Waals surface area (Å²) in [7, 11) is 0. The first-order valence-electron chi connectivity index (χ1n) is 4.84. The van der Waals surface area contributed by atoms with E-state index in [1.165, 1.54) is 0 Å². The zero-order chi connectivity index (χ0) is 11.4. The standard InChI is InChI=1S/C9H15NO5/c1-2-15-5-8(12)10-4-6(11)3-7(10)9(13)14/h6-7,11H,2-5H2,1H3,(H,13,14). The second kappa shape index (κ2) is 5.09. The highest BCUT2D eigenvalue weighted by atomic mass is 16.5. The van der Waals surface area contributed by atoms with Crippen molar-refractivity contribution in [1.82, 2.24) is 4.90 Å². The molecule has 1 heterocycles. The Morgan fingerprint density at radius 2 is 2.20 bits per heavy atom. The second-order valence-corrected chi connectivity index (χ2v) is 3.43. The van der Waals surface area contributed by atoms with E-state index in [-0.39, 0.29) is 25.5 Å². The minimum atomic E-state index is -1.09. The van der Waals surface area contributed by atoms with Crippen molar-refractivity contribution < 1.29 is 24.5 Å². The van der Waals surface area contributed by atoms with E-state index in [0.717, 1.165) is 4.90 Å². The zero-order valence-electron chi connectivity index (χ0n) is 8.55. The van der Waals surface area contributed by atoms with Crippen LogP contribution < -0.4 is 0 Å². The maximum absolute atomic E-state index is 11.5. The number of amides is 1. The summed E-state index contributed by atoms with van der Waals surface area (Å²) in [5, 5.41) is 18.1.